The number of carbonyl (C=O) groups excluding carboxylic acids is 2. The van der Waals surface area contributed by atoms with E-state index in [1.165, 1.54) is 27.8 Å². The standard InChI is InChI=1S/C23H25N3O2S/c27-22(20-7-3-11-26(20)23(28)21-8-4-14-29-21)25-12-9-16(10-13-25)18-15-24-19-6-2-1-5-17(18)19/h1-2,4-6,8,14-16,20,24H,3,7,9-13H2/t20-/m0/s1. The van der Waals surface area contributed by atoms with Crippen molar-refractivity contribution in [3.63, 3.8) is 0 Å². The monoisotopic (exact) mass is 407 g/mol. The molecule has 2 aliphatic rings. The molecule has 1 aromatic carbocycles. The van der Waals surface area contributed by atoms with Gasteiger partial charge in [-0.2, -0.15) is 0 Å². The van der Waals surface area contributed by atoms with Crippen molar-refractivity contribution in [3.8, 4) is 0 Å². The summed E-state index contributed by atoms with van der Waals surface area (Å²) >= 11 is 1.45. The van der Waals surface area contributed by atoms with Gasteiger partial charge in [0, 0.05) is 36.7 Å². The number of rotatable bonds is 3. The van der Waals surface area contributed by atoms with E-state index in [2.05, 4.69) is 35.4 Å². The lowest BCUT2D eigenvalue weighted by atomic mass is 9.89. The number of aromatic amines is 1. The molecule has 5 nitrogen and oxygen atoms in total. The number of nitrogens with one attached hydrogen (secondary N) is 1. The molecule has 2 aromatic heterocycles. The highest BCUT2D eigenvalue weighted by molar-refractivity contribution is 7.12. The quantitative estimate of drug-likeness (QED) is 0.706. The highest BCUT2D eigenvalue weighted by Crippen LogP contribution is 2.34. The van der Waals surface area contributed by atoms with Crippen LogP contribution in [-0.2, 0) is 4.79 Å². The van der Waals surface area contributed by atoms with E-state index >= 15 is 0 Å². The number of amides is 2. The first-order chi connectivity index (χ1) is 14.2. The first-order valence-electron chi connectivity index (χ1n) is 10.4. The van der Waals surface area contributed by atoms with Gasteiger partial charge in [-0.15, -0.1) is 11.3 Å². The summed E-state index contributed by atoms with van der Waals surface area (Å²) < 4.78 is 0. The Morgan fingerprint density at radius 3 is 2.62 bits per heavy atom. The molecule has 29 heavy (non-hydrogen) atoms. The minimum Gasteiger partial charge on any atom is -0.361 e. The van der Waals surface area contributed by atoms with Crippen LogP contribution in [0.2, 0.25) is 0 Å². The number of carbonyl (C=O) groups is 2. The minimum absolute atomic E-state index is 0.00419. The maximum Gasteiger partial charge on any atom is 0.264 e. The number of piperidine rings is 1. The van der Waals surface area contributed by atoms with Gasteiger partial charge in [-0.25, -0.2) is 0 Å². The van der Waals surface area contributed by atoms with Crippen LogP contribution in [0.25, 0.3) is 10.9 Å². The van der Waals surface area contributed by atoms with Crippen LogP contribution in [0.4, 0.5) is 0 Å². The number of nitrogens with zero attached hydrogens (tertiary/aromatic N) is 2. The van der Waals surface area contributed by atoms with Gasteiger partial charge < -0.3 is 14.8 Å². The summed E-state index contributed by atoms with van der Waals surface area (Å²) in [7, 11) is 0. The first-order valence-corrected chi connectivity index (χ1v) is 11.3. The maximum absolute atomic E-state index is 13.2. The Kier molecular flexibility index (Phi) is 4.87. The number of hydrogen-bond donors (Lipinski definition) is 1. The third kappa shape index (κ3) is 3.35. The van der Waals surface area contributed by atoms with Crippen LogP contribution in [0.5, 0.6) is 0 Å². The van der Waals surface area contributed by atoms with Crippen LogP contribution in [0.1, 0.15) is 46.8 Å². The lowest BCUT2D eigenvalue weighted by Gasteiger charge is -2.35. The first kappa shape index (κ1) is 18.4. The number of fused-ring (bicyclic) bond motifs is 1. The fraction of sp³-hybridized carbons (Fsp3) is 0.391. The summed E-state index contributed by atoms with van der Waals surface area (Å²) in [5.74, 6) is 0.608. The van der Waals surface area contributed by atoms with Crippen molar-refractivity contribution >= 4 is 34.1 Å². The van der Waals surface area contributed by atoms with Crippen molar-refractivity contribution in [1.82, 2.24) is 14.8 Å². The third-order valence-corrected chi connectivity index (χ3v) is 7.26. The largest absolute Gasteiger partial charge is 0.361 e. The van der Waals surface area contributed by atoms with Crippen molar-refractivity contribution in [2.75, 3.05) is 19.6 Å². The molecule has 5 rings (SSSR count). The highest BCUT2D eigenvalue weighted by atomic mass is 32.1. The summed E-state index contributed by atoms with van der Waals surface area (Å²) in [5, 5.41) is 3.20. The second-order valence-electron chi connectivity index (χ2n) is 8.02. The summed E-state index contributed by atoms with van der Waals surface area (Å²) in [6, 6.07) is 11.9. The zero-order chi connectivity index (χ0) is 19.8. The van der Waals surface area contributed by atoms with Crippen molar-refractivity contribution in [2.24, 2.45) is 0 Å². The predicted molar refractivity (Wildman–Crippen MR) is 115 cm³/mol. The van der Waals surface area contributed by atoms with Crippen LogP contribution in [0.15, 0.2) is 48.0 Å². The Morgan fingerprint density at radius 2 is 1.83 bits per heavy atom. The lowest BCUT2D eigenvalue weighted by Crippen LogP contribution is -2.49. The van der Waals surface area contributed by atoms with Gasteiger partial charge in [0.25, 0.3) is 5.91 Å². The SMILES string of the molecule is O=C([C@@H]1CCCN1C(=O)c1cccs1)N1CCC(c2c[nH]c3ccccc23)CC1. The molecule has 0 radical (unpaired) electrons. The van der Waals surface area contributed by atoms with Crippen LogP contribution < -0.4 is 0 Å². The molecule has 0 saturated carbocycles. The fourth-order valence-electron chi connectivity index (χ4n) is 4.86. The summed E-state index contributed by atoms with van der Waals surface area (Å²) in [6.07, 6.45) is 5.75. The zero-order valence-corrected chi connectivity index (χ0v) is 17.2. The normalized spacial score (nSPS) is 20.5. The van der Waals surface area contributed by atoms with Gasteiger partial charge in [0.15, 0.2) is 0 Å². The van der Waals surface area contributed by atoms with E-state index in [4.69, 9.17) is 0 Å². The molecular weight excluding hydrogens is 382 g/mol. The van der Waals surface area contributed by atoms with E-state index in [0.717, 1.165) is 43.6 Å². The van der Waals surface area contributed by atoms with Crippen molar-refractivity contribution < 1.29 is 9.59 Å². The fourth-order valence-corrected chi connectivity index (χ4v) is 5.54. The second kappa shape index (κ2) is 7.67. The van der Waals surface area contributed by atoms with Crippen LogP contribution in [0, 0.1) is 0 Å². The average Bonchev–Trinajstić information content (AvgIpc) is 3.53. The third-order valence-electron chi connectivity index (χ3n) is 6.40. The number of H-pyrrole nitrogens is 1. The van der Waals surface area contributed by atoms with Gasteiger partial charge >= 0.3 is 0 Å². The molecule has 0 bridgehead atoms. The Balaban J connectivity index is 1.26. The van der Waals surface area contributed by atoms with Crippen LogP contribution in [-0.4, -0.2) is 52.3 Å². The molecule has 2 saturated heterocycles. The molecule has 2 aliphatic heterocycles. The van der Waals surface area contributed by atoms with Crippen LogP contribution >= 0.6 is 11.3 Å². The highest BCUT2D eigenvalue weighted by Gasteiger charge is 2.38. The summed E-state index contributed by atoms with van der Waals surface area (Å²) in [5.41, 5.74) is 2.54. The Bertz CT molecular complexity index is 1020. The molecule has 0 aliphatic carbocycles. The van der Waals surface area contributed by atoms with Crippen LogP contribution in [0.3, 0.4) is 0 Å². The van der Waals surface area contributed by atoms with Gasteiger partial charge in [-0.1, -0.05) is 24.3 Å². The molecule has 0 unspecified atom stereocenters. The van der Waals surface area contributed by atoms with Gasteiger partial charge in [-0.05, 0) is 54.7 Å². The zero-order valence-electron chi connectivity index (χ0n) is 16.3. The smallest absolute Gasteiger partial charge is 0.264 e. The molecule has 2 fully saturated rings. The van der Waals surface area contributed by atoms with Crippen molar-refractivity contribution in [3.05, 3.63) is 58.4 Å². The number of likely N-dealkylation sites (tertiary alicyclic amines) is 2. The number of benzene rings is 1. The number of hydrogen-bond acceptors (Lipinski definition) is 3. The molecule has 150 valence electrons. The van der Waals surface area contributed by atoms with E-state index in [-0.39, 0.29) is 17.9 Å². The van der Waals surface area contributed by atoms with E-state index in [0.29, 0.717) is 12.5 Å². The molecule has 0 spiro atoms. The lowest BCUT2D eigenvalue weighted by molar-refractivity contribution is -0.136. The summed E-state index contributed by atoms with van der Waals surface area (Å²) in [6.45, 7) is 2.21. The molecular formula is C23H25N3O2S. The topological polar surface area (TPSA) is 56.4 Å². The second-order valence-corrected chi connectivity index (χ2v) is 8.97. The summed E-state index contributed by atoms with van der Waals surface area (Å²) in [4.78, 5) is 33.9. The van der Waals surface area contributed by atoms with Gasteiger partial charge in [-0.3, -0.25) is 9.59 Å². The molecule has 3 aromatic rings. The van der Waals surface area contributed by atoms with Gasteiger partial charge in [0.1, 0.15) is 6.04 Å². The molecule has 4 heterocycles. The predicted octanol–water partition coefficient (Wildman–Crippen LogP) is 4.24. The number of para-hydroxylation sites is 1. The van der Waals surface area contributed by atoms with E-state index in [1.807, 2.05) is 22.4 Å². The van der Waals surface area contributed by atoms with E-state index < -0.39 is 0 Å². The minimum atomic E-state index is -0.297. The van der Waals surface area contributed by atoms with E-state index in [1.54, 1.807) is 4.90 Å². The molecule has 6 heteroatoms. The molecule has 1 atom stereocenters. The number of thiophene rings is 1. The van der Waals surface area contributed by atoms with Crippen molar-refractivity contribution in [1.29, 1.82) is 0 Å². The average molecular weight is 408 g/mol. The molecule has 2 amide bonds. The van der Waals surface area contributed by atoms with E-state index in [9.17, 15) is 9.59 Å². The Hall–Kier alpha value is -2.60. The Labute approximate surface area is 174 Å². The van der Waals surface area contributed by atoms with Crippen molar-refractivity contribution in [2.45, 2.75) is 37.6 Å². The van der Waals surface area contributed by atoms with Gasteiger partial charge in [0.05, 0.1) is 4.88 Å². The Morgan fingerprint density at radius 1 is 1.00 bits per heavy atom. The maximum atomic E-state index is 13.2. The number of aromatic nitrogens is 1. The molecule has 1 N–H and O–H groups in total. The van der Waals surface area contributed by atoms with Gasteiger partial charge in [0.2, 0.25) is 5.91 Å².